The maximum atomic E-state index is 11.8. The zero-order chi connectivity index (χ0) is 11.1. The normalized spacial score (nSPS) is 14.8. The number of halogens is 2. The molecule has 0 radical (unpaired) electrons. The minimum Gasteiger partial charge on any atom is -0.272 e. The predicted molar refractivity (Wildman–Crippen MR) is 33.4 cm³/mol. The highest BCUT2D eigenvalue weighted by Crippen LogP contribution is 2.15. The molecular weight excluding hydrogens is 260 g/mol. The van der Waals surface area contributed by atoms with E-state index in [4.69, 9.17) is 4.55 Å². The van der Waals surface area contributed by atoms with Gasteiger partial charge >= 0.3 is 31.1 Å². The summed E-state index contributed by atoms with van der Waals surface area (Å²) < 4.78 is 87.7. The molecule has 80 valence electrons. The van der Waals surface area contributed by atoms with Crippen LogP contribution in [-0.2, 0) is 31.1 Å². The van der Waals surface area contributed by atoms with Crippen molar-refractivity contribution in [2.45, 2.75) is 0 Å². The Kier molecular flexibility index (Phi) is 3.00. The fourth-order valence-corrected chi connectivity index (χ4v) is 2.98. The molecule has 1 N–H and O–H groups in total. The fraction of sp³-hybridized carbons (Fsp3) is 0. The molecule has 0 aromatic carbocycles. The highest BCUT2D eigenvalue weighted by Gasteiger charge is 2.45. The van der Waals surface area contributed by atoms with Crippen LogP contribution < -0.4 is 0 Å². The third kappa shape index (κ3) is 3.47. The van der Waals surface area contributed by atoms with Crippen LogP contribution in [0.15, 0.2) is 0 Å². The molecule has 0 saturated carbocycles. The molecule has 0 aliphatic rings. The van der Waals surface area contributed by atoms with Gasteiger partial charge in [-0.25, -0.2) is 0 Å². The van der Waals surface area contributed by atoms with E-state index < -0.39 is 34.2 Å². The summed E-state index contributed by atoms with van der Waals surface area (Å²) in [4.78, 5) is 0. The summed E-state index contributed by atoms with van der Waals surface area (Å²) in [6.45, 7) is 0. The third-order valence-corrected chi connectivity index (χ3v) is 4.90. The van der Waals surface area contributed by atoms with Gasteiger partial charge in [-0.1, -0.05) is 7.77 Å². The predicted octanol–water partition coefficient (Wildman–Crippen LogP) is -1.48. The third-order valence-electron chi connectivity index (χ3n) is 0.545. The molecule has 0 aliphatic heterocycles. The Morgan fingerprint density at radius 2 is 1.08 bits per heavy atom. The molecule has 0 fully saturated rings. The van der Waals surface area contributed by atoms with Gasteiger partial charge in [0.25, 0.3) is 0 Å². The Morgan fingerprint density at radius 3 is 1.08 bits per heavy atom. The highest BCUT2D eigenvalue weighted by atomic mass is 32.4. The van der Waals surface area contributed by atoms with Crippen molar-refractivity contribution >= 4 is 31.1 Å². The van der Waals surface area contributed by atoms with Gasteiger partial charge in [0.2, 0.25) is 0 Å². The first-order chi connectivity index (χ1) is 5.37. The smallest absolute Gasteiger partial charge is 0.272 e. The van der Waals surface area contributed by atoms with Crippen LogP contribution in [0.3, 0.4) is 0 Å². The molecule has 0 heterocycles. The van der Waals surface area contributed by atoms with Gasteiger partial charge in [0.1, 0.15) is 0 Å². The molecule has 0 aliphatic carbocycles. The quantitative estimate of drug-likeness (QED) is 0.485. The molecule has 0 spiro atoms. The van der Waals surface area contributed by atoms with Crippen LogP contribution in [0.5, 0.6) is 0 Å². The van der Waals surface area contributed by atoms with Crippen molar-refractivity contribution in [3.05, 3.63) is 0 Å². The number of hydrogen-bond acceptors (Lipinski definition) is 6. The summed E-state index contributed by atoms with van der Waals surface area (Å²) in [6.07, 6.45) is 0. The highest BCUT2D eigenvalue weighted by molar-refractivity contribution is 8.12. The molecule has 0 amide bonds. The maximum absolute atomic E-state index is 11.8. The van der Waals surface area contributed by atoms with Crippen LogP contribution in [0.4, 0.5) is 7.77 Å². The number of rotatable bonds is 3. The minimum absolute atomic E-state index is 2.30. The summed E-state index contributed by atoms with van der Waals surface area (Å²) in [5, 5.41) is 0. The van der Waals surface area contributed by atoms with Gasteiger partial charge in [0.15, 0.2) is 0 Å². The van der Waals surface area contributed by atoms with E-state index in [-0.39, 0.29) is 0 Å². The van der Waals surface area contributed by atoms with Crippen LogP contribution in [0.25, 0.3) is 0 Å². The van der Waals surface area contributed by atoms with Crippen molar-refractivity contribution < 1.29 is 37.6 Å². The van der Waals surface area contributed by atoms with Crippen LogP contribution in [0, 0.1) is 0 Å². The van der Waals surface area contributed by atoms with Crippen LogP contribution >= 0.6 is 0 Å². The zero-order valence-electron chi connectivity index (χ0n) is 5.32. The standard InChI is InChI=1S/F2HNO7S3/c1-11(4,5)3(12(2,6)7)13(8,9)10/h(H,8,9,10). The lowest BCUT2D eigenvalue weighted by atomic mass is 13.8. The van der Waals surface area contributed by atoms with Crippen LogP contribution in [0.1, 0.15) is 0 Å². The van der Waals surface area contributed by atoms with Crippen molar-refractivity contribution in [1.29, 1.82) is 0 Å². The van der Waals surface area contributed by atoms with Gasteiger partial charge in [-0.05, 0) is 0 Å². The van der Waals surface area contributed by atoms with E-state index in [1.165, 1.54) is 0 Å². The Balaban J connectivity index is 5.87. The number of hydrogen-bond donors (Lipinski definition) is 1. The SMILES string of the molecule is O=S(=O)(O)N(S(=O)(=O)F)S(=O)(=O)F. The van der Waals surface area contributed by atoms with Crippen molar-refractivity contribution in [2.24, 2.45) is 0 Å². The molecule has 0 bridgehead atoms. The second-order valence-corrected chi connectivity index (χ2v) is 5.83. The molecular formula is HF2NO7S3. The Labute approximate surface area is 72.3 Å². The Bertz CT molecular complexity index is 404. The molecule has 13 heavy (non-hydrogen) atoms. The average molecular weight is 261 g/mol. The molecule has 0 aromatic rings. The largest absolute Gasteiger partial charge is 0.406 e. The monoisotopic (exact) mass is 261 g/mol. The van der Waals surface area contributed by atoms with Gasteiger partial charge in [0.05, 0.1) is 3.12 Å². The summed E-state index contributed by atoms with van der Waals surface area (Å²) in [5.74, 6) is 0. The number of nitrogens with zero attached hydrogens (tertiary/aromatic N) is 1. The lowest BCUT2D eigenvalue weighted by Crippen LogP contribution is -2.36. The van der Waals surface area contributed by atoms with E-state index >= 15 is 0 Å². The first-order valence-electron chi connectivity index (χ1n) is 2.04. The molecule has 0 unspecified atom stereocenters. The van der Waals surface area contributed by atoms with E-state index in [9.17, 15) is 33.0 Å². The van der Waals surface area contributed by atoms with E-state index in [1.54, 1.807) is 0 Å². The maximum Gasteiger partial charge on any atom is 0.406 e. The Morgan fingerprint density at radius 1 is 0.846 bits per heavy atom. The van der Waals surface area contributed by atoms with Gasteiger partial charge in [-0.3, -0.25) is 4.55 Å². The van der Waals surface area contributed by atoms with E-state index in [0.29, 0.717) is 0 Å². The van der Waals surface area contributed by atoms with E-state index in [1.807, 2.05) is 0 Å². The van der Waals surface area contributed by atoms with Crippen LogP contribution in [-0.4, -0.2) is 32.9 Å². The van der Waals surface area contributed by atoms with E-state index in [0.717, 1.165) is 0 Å². The van der Waals surface area contributed by atoms with Gasteiger partial charge in [-0.15, -0.1) is 0 Å². The average Bonchev–Trinajstić information content (AvgIpc) is 1.44. The van der Waals surface area contributed by atoms with Crippen molar-refractivity contribution in [3.8, 4) is 0 Å². The minimum atomic E-state index is -6.45. The summed E-state index contributed by atoms with van der Waals surface area (Å²) in [6, 6.07) is 0. The molecule has 0 saturated heterocycles. The Hall–Kier alpha value is -0.370. The molecule has 0 rings (SSSR count). The fourth-order valence-electron chi connectivity index (χ4n) is 0.331. The second-order valence-electron chi connectivity index (χ2n) is 1.50. The van der Waals surface area contributed by atoms with Crippen molar-refractivity contribution in [3.63, 3.8) is 0 Å². The van der Waals surface area contributed by atoms with Gasteiger partial charge in [0, 0.05) is 0 Å². The topological polar surface area (TPSA) is 126 Å². The van der Waals surface area contributed by atoms with Gasteiger partial charge in [-0.2, -0.15) is 25.3 Å². The molecule has 13 heteroatoms. The zero-order valence-corrected chi connectivity index (χ0v) is 7.77. The first-order valence-corrected chi connectivity index (χ1v) is 6.12. The molecule has 0 aromatic heterocycles. The first kappa shape index (κ1) is 12.6. The van der Waals surface area contributed by atoms with Gasteiger partial charge < -0.3 is 0 Å². The molecule has 8 nitrogen and oxygen atoms in total. The van der Waals surface area contributed by atoms with Crippen molar-refractivity contribution in [2.75, 3.05) is 0 Å². The summed E-state index contributed by atoms with van der Waals surface area (Å²) >= 11 is 0. The summed E-state index contributed by atoms with van der Waals surface area (Å²) in [7, 11) is -19.0. The lowest BCUT2D eigenvalue weighted by Gasteiger charge is -2.06. The summed E-state index contributed by atoms with van der Waals surface area (Å²) in [5.41, 5.74) is 0. The molecule has 0 atom stereocenters. The second kappa shape index (κ2) is 3.09. The van der Waals surface area contributed by atoms with Crippen molar-refractivity contribution in [1.82, 2.24) is 3.12 Å². The van der Waals surface area contributed by atoms with Crippen LogP contribution in [0.2, 0.25) is 0 Å². The lowest BCUT2D eigenvalue weighted by molar-refractivity contribution is 0.434. The van der Waals surface area contributed by atoms with E-state index in [2.05, 4.69) is 0 Å².